The van der Waals surface area contributed by atoms with Gasteiger partial charge in [-0.2, -0.15) is 5.10 Å². The van der Waals surface area contributed by atoms with E-state index in [1.54, 1.807) is 12.1 Å². The van der Waals surface area contributed by atoms with Gasteiger partial charge in [-0.05, 0) is 38.1 Å². The Hall–Kier alpha value is -1.13. The second-order valence-corrected chi connectivity index (χ2v) is 5.94. The van der Waals surface area contributed by atoms with Crippen molar-refractivity contribution in [1.82, 2.24) is 10.3 Å². The Kier molecular flexibility index (Phi) is 2.57. The molecule has 0 aromatic heterocycles. The molecule has 5 heteroatoms. The molecule has 1 aromatic carbocycles. The van der Waals surface area contributed by atoms with Gasteiger partial charge >= 0.3 is 0 Å². The number of fused-ring (bicyclic) bond motifs is 2. The van der Waals surface area contributed by atoms with E-state index in [0.29, 0.717) is 16.5 Å². The highest BCUT2D eigenvalue weighted by atomic mass is 35.5. The summed E-state index contributed by atoms with van der Waals surface area (Å²) in [4.78, 5) is 2.41. The maximum Gasteiger partial charge on any atom is 0.130 e. The highest BCUT2D eigenvalue weighted by molar-refractivity contribution is 6.31. The number of nitrogens with one attached hydrogen (secondary N) is 1. The average molecular weight is 280 g/mol. The lowest BCUT2D eigenvalue weighted by atomic mass is 9.78. The molecule has 3 fully saturated rings. The van der Waals surface area contributed by atoms with Crippen molar-refractivity contribution in [1.29, 1.82) is 0 Å². The predicted molar refractivity (Wildman–Crippen MR) is 72.8 cm³/mol. The quantitative estimate of drug-likeness (QED) is 0.856. The van der Waals surface area contributed by atoms with E-state index in [1.807, 2.05) is 0 Å². The van der Waals surface area contributed by atoms with E-state index in [4.69, 9.17) is 11.6 Å². The summed E-state index contributed by atoms with van der Waals surface area (Å²) in [5.41, 5.74) is 4.87. The van der Waals surface area contributed by atoms with Crippen LogP contribution in [0.1, 0.15) is 24.4 Å². The molecule has 0 aliphatic carbocycles. The number of halogens is 2. The number of hydrogen-bond acceptors (Lipinski definition) is 3. The Balaban J connectivity index is 1.75. The number of nitrogens with zero attached hydrogens (tertiary/aromatic N) is 2. The molecular weight excluding hydrogens is 265 g/mol. The lowest BCUT2D eigenvalue weighted by molar-refractivity contribution is 0.133. The fraction of sp³-hybridized carbons (Fsp3) is 0.500. The van der Waals surface area contributed by atoms with Gasteiger partial charge in [-0.3, -0.25) is 4.90 Å². The summed E-state index contributed by atoms with van der Waals surface area (Å²) >= 11 is 6.19. The first-order valence-electron chi connectivity index (χ1n) is 6.76. The average Bonchev–Trinajstić information content (AvgIpc) is 2.87. The summed E-state index contributed by atoms with van der Waals surface area (Å²) in [6, 6.07) is 4.90. The topological polar surface area (TPSA) is 27.6 Å². The van der Waals surface area contributed by atoms with Gasteiger partial charge in [0.05, 0.1) is 17.8 Å². The van der Waals surface area contributed by atoms with Crippen molar-refractivity contribution < 1.29 is 4.39 Å². The standard InChI is InChI=1S/C14H15ClFN3/c15-9-2-1-3-10(16)11(9)13-14-12(17-18-13)8-4-6-19(14)7-5-8/h1-3,8,13-14,18H,4-7H2. The molecule has 19 heavy (non-hydrogen) atoms. The first-order valence-corrected chi connectivity index (χ1v) is 7.14. The van der Waals surface area contributed by atoms with Crippen LogP contribution in [0.25, 0.3) is 0 Å². The molecule has 4 aliphatic rings. The van der Waals surface area contributed by atoms with Crippen LogP contribution in [0.3, 0.4) is 0 Å². The first kappa shape index (κ1) is 11.7. The lowest BCUT2D eigenvalue weighted by Crippen LogP contribution is -2.56. The van der Waals surface area contributed by atoms with Gasteiger partial charge < -0.3 is 5.43 Å². The molecule has 0 saturated carbocycles. The Morgan fingerprint density at radius 1 is 1.32 bits per heavy atom. The Labute approximate surface area is 116 Å². The van der Waals surface area contributed by atoms with Gasteiger partial charge in [0.2, 0.25) is 0 Å². The van der Waals surface area contributed by atoms with Gasteiger partial charge in [-0.15, -0.1) is 0 Å². The monoisotopic (exact) mass is 279 g/mol. The van der Waals surface area contributed by atoms with Crippen molar-refractivity contribution in [2.45, 2.75) is 24.9 Å². The van der Waals surface area contributed by atoms with E-state index in [1.165, 1.54) is 24.6 Å². The summed E-state index contributed by atoms with van der Waals surface area (Å²) in [6.45, 7) is 2.16. The molecule has 3 saturated heterocycles. The molecule has 3 nitrogen and oxygen atoms in total. The zero-order valence-electron chi connectivity index (χ0n) is 10.4. The minimum absolute atomic E-state index is 0.146. The van der Waals surface area contributed by atoms with E-state index in [0.717, 1.165) is 13.1 Å². The van der Waals surface area contributed by atoms with E-state index < -0.39 is 0 Å². The molecule has 0 radical (unpaired) electrons. The minimum atomic E-state index is -0.246. The lowest BCUT2D eigenvalue weighted by Gasteiger charge is -2.45. The molecule has 2 atom stereocenters. The first-order chi connectivity index (χ1) is 9.25. The molecule has 2 bridgehead atoms. The van der Waals surface area contributed by atoms with Crippen LogP contribution in [0.15, 0.2) is 23.3 Å². The number of benzene rings is 1. The Bertz CT molecular complexity index is 531. The normalized spacial score (nSPS) is 35.8. The van der Waals surface area contributed by atoms with Crippen molar-refractivity contribution in [3.63, 3.8) is 0 Å². The van der Waals surface area contributed by atoms with Crippen molar-refractivity contribution in [3.8, 4) is 0 Å². The van der Waals surface area contributed by atoms with Crippen molar-refractivity contribution in [2.75, 3.05) is 13.1 Å². The van der Waals surface area contributed by atoms with Crippen LogP contribution in [0.5, 0.6) is 0 Å². The van der Waals surface area contributed by atoms with E-state index in [-0.39, 0.29) is 17.9 Å². The molecular formula is C14H15ClFN3. The van der Waals surface area contributed by atoms with Crippen LogP contribution in [0.4, 0.5) is 4.39 Å². The summed E-state index contributed by atoms with van der Waals surface area (Å²) in [5.74, 6) is 0.321. The largest absolute Gasteiger partial charge is 0.300 e. The predicted octanol–water partition coefficient (Wildman–Crippen LogP) is 2.57. The molecule has 1 N–H and O–H groups in total. The molecule has 100 valence electrons. The third-order valence-electron chi connectivity index (χ3n) is 4.60. The van der Waals surface area contributed by atoms with E-state index in [2.05, 4.69) is 15.4 Å². The molecule has 1 aromatic rings. The molecule has 2 unspecified atom stereocenters. The number of piperidine rings is 3. The molecule has 4 heterocycles. The fourth-order valence-electron chi connectivity index (χ4n) is 3.69. The summed E-state index contributed by atoms with van der Waals surface area (Å²) in [5, 5.41) is 4.96. The van der Waals surface area contributed by atoms with Crippen LogP contribution < -0.4 is 5.43 Å². The Morgan fingerprint density at radius 2 is 2.11 bits per heavy atom. The van der Waals surface area contributed by atoms with Crippen LogP contribution in [-0.4, -0.2) is 29.7 Å². The molecule has 0 amide bonds. The number of hydrogen-bond donors (Lipinski definition) is 1. The summed E-state index contributed by atoms with van der Waals surface area (Å²) in [7, 11) is 0. The maximum absolute atomic E-state index is 14.1. The zero-order valence-corrected chi connectivity index (χ0v) is 11.2. The second-order valence-electron chi connectivity index (χ2n) is 5.53. The van der Waals surface area contributed by atoms with Gasteiger partial charge in [0, 0.05) is 16.5 Å². The van der Waals surface area contributed by atoms with Crippen LogP contribution in [0.2, 0.25) is 5.02 Å². The van der Waals surface area contributed by atoms with Gasteiger partial charge in [-0.25, -0.2) is 4.39 Å². The van der Waals surface area contributed by atoms with E-state index >= 15 is 0 Å². The highest BCUT2D eigenvalue weighted by Crippen LogP contribution is 2.41. The van der Waals surface area contributed by atoms with E-state index in [9.17, 15) is 4.39 Å². The molecule has 4 aliphatic heterocycles. The third kappa shape index (κ3) is 1.63. The number of hydrazone groups is 1. The second kappa shape index (κ2) is 4.18. The highest BCUT2D eigenvalue weighted by Gasteiger charge is 2.47. The van der Waals surface area contributed by atoms with Crippen molar-refractivity contribution in [3.05, 3.63) is 34.6 Å². The smallest absolute Gasteiger partial charge is 0.130 e. The van der Waals surface area contributed by atoms with Crippen molar-refractivity contribution >= 4 is 17.3 Å². The summed E-state index contributed by atoms with van der Waals surface area (Å²) < 4.78 is 14.1. The zero-order chi connectivity index (χ0) is 13.0. The minimum Gasteiger partial charge on any atom is -0.300 e. The molecule has 5 rings (SSSR count). The van der Waals surface area contributed by atoms with Gasteiger partial charge in [-0.1, -0.05) is 17.7 Å². The Morgan fingerprint density at radius 3 is 2.84 bits per heavy atom. The summed E-state index contributed by atoms with van der Waals surface area (Å²) in [6.07, 6.45) is 2.35. The third-order valence-corrected chi connectivity index (χ3v) is 4.93. The molecule has 0 spiro atoms. The van der Waals surface area contributed by atoms with Gasteiger partial charge in [0.1, 0.15) is 5.82 Å². The van der Waals surface area contributed by atoms with Crippen LogP contribution >= 0.6 is 11.6 Å². The van der Waals surface area contributed by atoms with Gasteiger partial charge in [0.15, 0.2) is 0 Å². The fourth-order valence-corrected chi connectivity index (χ4v) is 3.97. The maximum atomic E-state index is 14.1. The van der Waals surface area contributed by atoms with Crippen molar-refractivity contribution in [2.24, 2.45) is 11.0 Å². The number of rotatable bonds is 1. The van der Waals surface area contributed by atoms with Gasteiger partial charge in [0.25, 0.3) is 0 Å². The SMILES string of the molecule is Fc1cccc(Cl)c1C1NN=C2C3CCN(CC3)C21. The van der Waals surface area contributed by atoms with Crippen LogP contribution in [-0.2, 0) is 0 Å². The van der Waals surface area contributed by atoms with Crippen LogP contribution in [0, 0.1) is 11.7 Å².